The summed E-state index contributed by atoms with van der Waals surface area (Å²) in [6, 6.07) is 2.93. The summed E-state index contributed by atoms with van der Waals surface area (Å²) < 4.78 is 26.4. The fraction of sp³-hybridized carbons (Fsp3) is 0.250. The summed E-state index contributed by atoms with van der Waals surface area (Å²) in [5.74, 6) is -0.154. The van der Waals surface area contributed by atoms with Gasteiger partial charge in [0.2, 0.25) is 0 Å². The lowest BCUT2D eigenvalue weighted by atomic mass is 10.2. The maximum atomic E-state index is 10.8. The molecule has 1 aromatic carbocycles. The van der Waals surface area contributed by atoms with Gasteiger partial charge >= 0.3 is 7.68 Å². The van der Waals surface area contributed by atoms with Crippen molar-refractivity contribution in [3.05, 3.63) is 17.7 Å². The number of aromatic hydroxyl groups is 1. The van der Waals surface area contributed by atoms with Crippen LogP contribution in [0.4, 0.5) is 0 Å². The molecule has 5 heteroatoms. The Kier molecular flexibility index (Phi) is 2.73. The zero-order chi connectivity index (χ0) is 10.0. The maximum absolute atomic E-state index is 10.8. The summed E-state index contributed by atoms with van der Waals surface area (Å²) in [6.45, 7) is 1.64. The van der Waals surface area contributed by atoms with Crippen molar-refractivity contribution in [1.82, 2.24) is 0 Å². The van der Waals surface area contributed by atoms with Gasteiger partial charge in [-0.25, -0.2) is 9.13 Å². The van der Waals surface area contributed by atoms with E-state index in [-0.39, 0.29) is 16.8 Å². The molecule has 0 spiro atoms. The molecular formula is C8H9O4P. The van der Waals surface area contributed by atoms with Crippen LogP contribution in [0.2, 0.25) is 0 Å². The van der Waals surface area contributed by atoms with E-state index in [0.29, 0.717) is 5.56 Å². The third-order valence-electron chi connectivity index (χ3n) is 1.70. The molecule has 0 fully saturated rings. The summed E-state index contributed by atoms with van der Waals surface area (Å²) in [5, 5.41) is 9.31. The Morgan fingerprint density at radius 3 is 2.38 bits per heavy atom. The quantitative estimate of drug-likeness (QED) is 0.735. The van der Waals surface area contributed by atoms with Crippen LogP contribution in [0.3, 0.4) is 0 Å². The Morgan fingerprint density at radius 2 is 2.00 bits per heavy atom. The van der Waals surface area contributed by atoms with Gasteiger partial charge in [0.15, 0.2) is 11.5 Å². The fourth-order valence-corrected chi connectivity index (χ4v) is 1.82. The number of phenols is 1. The van der Waals surface area contributed by atoms with Crippen molar-refractivity contribution < 1.29 is 19.0 Å². The predicted molar refractivity (Wildman–Crippen MR) is 47.3 cm³/mol. The normalized spacial score (nSPS) is 9.69. The summed E-state index contributed by atoms with van der Waals surface area (Å²) in [6.07, 6.45) is 0. The molecule has 70 valence electrons. The van der Waals surface area contributed by atoms with E-state index in [2.05, 4.69) is 0 Å². The van der Waals surface area contributed by atoms with E-state index < -0.39 is 7.68 Å². The standard InChI is InChI=1S/C8H9O4P/c1-5-3-4-6(9)7(12-2)8(5)13(10)11/h3-4,9H,1-2H3. The second kappa shape index (κ2) is 3.62. The second-order valence-electron chi connectivity index (χ2n) is 2.54. The molecule has 1 rings (SSSR count). The predicted octanol–water partition coefficient (Wildman–Crippen LogP) is 1.51. The van der Waals surface area contributed by atoms with Gasteiger partial charge in [0, 0.05) is 0 Å². The van der Waals surface area contributed by atoms with E-state index in [1.807, 2.05) is 0 Å². The zero-order valence-corrected chi connectivity index (χ0v) is 8.17. The van der Waals surface area contributed by atoms with Crippen molar-refractivity contribution in [1.29, 1.82) is 0 Å². The van der Waals surface area contributed by atoms with Crippen LogP contribution in [0.15, 0.2) is 12.1 Å². The highest BCUT2D eigenvalue weighted by molar-refractivity contribution is 7.41. The highest BCUT2D eigenvalue weighted by Gasteiger charge is 2.15. The maximum Gasteiger partial charge on any atom is 0.352 e. The third-order valence-corrected chi connectivity index (χ3v) is 2.62. The van der Waals surface area contributed by atoms with E-state index in [0.717, 1.165) is 0 Å². The molecule has 0 heterocycles. The number of hydrogen-bond acceptors (Lipinski definition) is 4. The Morgan fingerprint density at radius 1 is 1.38 bits per heavy atom. The molecule has 0 aromatic heterocycles. The van der Waals surface area contributed by atoms with Crippen LogP contribution in [0.1, 0.15) is 5.56 Å². The Labute approximate surface area is 76.0 Å². The van der Waals surface area contributed by atoms with Crippen molar-refractivity contribution in [3.63, 3.8) is 0 Å². The second-order valence-corrected chi connectivity index (χ2v) is 3.50. The van der Waals surface area contributed by atoms with Crippen molar-refractivity contribution in [2.75, 3.05) is 7.11 Å². The molecule has 0 unspecified atom stereocenters. The van der Waals surface area contributed by atoms with Gasteiger partial charge in [-0.05, 0) is 18.6 Å². The first-order valence-electron chi connectivity index (χ1n) is 3.59. The molecule has 0 aliphatic rings. The SMILES string of the molecule is COc1c(O)ccc(C)c1P(=O)=O. The van der Waals surface area contributed by atoms with Gasteiger partial charge < -0.3 is 9.84 Å². The largest absolute Gasteiger partial charge is 0.504 e. The van der Waals surface area contributed by atoms with Gasteiger partial charge in [0.25, 0.3) is 0 Å². The lowest BCUT2D eigenvalue weighted by Crippen LogP contribution is -2.04. The molecule has 0 aliphatic carbocycles. The number of methoxy groups -OCH3 is 1. The molecular weight excluding hydrogens is 191 g/mol. The van der Waals surface area contributed by atoms with Gasteiger partial charge in [0.05, 0.1) is 7.11 Å². The van der Waals surface area contributed by atoms with E-state index >= 15 is 0 Å². The molecule has 0 bridgehead atoms. The van der Waals surface area contributed by atoms with Crippen molar-refractivity contribution >= 4 is 13.0 Å². The number of benzene rings is 1. The summed E-state index contributed by atoms with van der Waals surface area (Å²) in [7, 11) is -1.43. The molecule has 0 aliphatic heterocycles. The summed E-state index contributed by atoms with van der Waals surface area (Å²) in [4.78, 5) is 0. The number of aryl methyl sites for hydroxylation is 1. The van der Waals surface area contributed by atoms with E-state index in [1.165, 1.54) is 19.2 Å². The van der Waals surface area contributed by atoms with E-state index in [1.54, 1.807) is 6.92 Å². The number of ether oxygens (including phenoxy) is 1. The van der Waals surface area contributed by atoms with Gasteiger partial charge in [-0.2, -0.15) is 0 Å². The van der Waals surface area contributed by atoms with Crippen molar-refractivity contribution in [2.24, 2.45) is 0 Å². The van der Waals surface area contributed by atoms with Crippen LogP contribution in [0, 0.1) is 6.92 Å². The van der Waals surface area contributed by atoms with Gasteiger partial charge in [-0.3, -0.25) is 0 Å². The minimum atomic E-state index is -2.74. The Balaban J connectivity index is 3.53. The lowest BCUT2D eigenvalue weighted by molar-refractivity contribution is 0.375. The Hall–Kier alpha value is -1.28. The van der Waals surface area contributed by atoms with Crippen LogP contribution >= 0.6 is 7.68 Å². The monoisotopic (exact) mass is 200 g/mol. The van der Waals surface area contributed by atoms with Crippen LogP contribution in [-0.2, 0) is 9.13 Å². The van der Waals surface area contributed by atoms with Crippen LogP contribution in [0.5, 0.6) is 11.5 Å². The number of hydrogen-bond donors (Lipinski definition) is 1. The molecule has 0 amide bonds. The topological polar surface area (TPSA) is 63.6 Å². The van der Waals surface area contributed by atoms with Crippen LogP contribution in [0.25, 0.3) is 0 Å². The average molecular weight is 200 g/mol. The molecule has 0 radical (unpaired) electrons. The highest BCUT2D eigenvalue weighted by Crippen LogP contribution is 2.29. The van der Waals surface area contributed by atoms with Crippen LogP contribution in [-0.4, -0.2) is 12.2 Å². The highest BCUT2D eigenvalue weighted by atomic mass is 31.1. The molecule has 1 N–H and O–H groups in total. The average Bonchev–Trinajstić information content (AvgIpc) is 2.07. The van der Waals surface area contributed by atoms with Gasteiger partial charge in [-0.1, -0.05) is 6.07 Å². The minimum Gasteiger partial charge on any atom is -0.504 e. The third kappa shape index (κ3) is 1.73. The lowest BCUT2D eigenvalue weighted by Gasteiger charge is -2.06. The van der Waals surface area contributed by atoms with Crippen molar-refractivity contribution in [3.8, 4) is 11.5 Å². The minimum absolute atomic E-state index is 0.0103. The fourth-order valence-electron chi connectivity index (χ4n) is 1.09. The van der Waals surface area contributed by atoms with Gasteiger partial charge in [-0.15, -0.1) is 0 Å². The van der Waals surface area contributed by atoms with E-state index in [4.69, 9.17) is 4.74 Å². The first kappa shape index (κ1) is 9.81. The van der Waals surface area contributed by atoms with Crippen molar-refractivity contribution in [2.45, 2.75) is 6.92 Å². The van der Waals surface area contributed by atoms with Gasteiger partial charge in [0.1, 0.15) is 5.30 Å². The number of phenolic OH excluding ortho intramolecular Hbond substituents is 1. The summed E-state index contributed by atoms with van der Waals surface area (Å²) >= 11 is 0. The first-order valence-corrected chi connectivity index (χ1v) is 4.76. The molecule has 4 nitrogen and oxygen atoms in total. The molecule has 13 heavy (non-hydrogen) atoms. The number of rotatable bonds is 2. The van der Waals surface area contributed by atoms with Crippen LogP contribution < -0.4 is 10.0 Å². The molecule has 0 saturated heterocycles. The molecule has 0 saturated carbocycles. The smallest absolute Gasteiger partial charge is 0.352 e. The first-order chi connectivity index (χ1) is 6.07. The Bertz CT molecular complexity index is 387. The molecule has 0 atom stereocenters. The molecule has 1 aromatic rings. The summed E-state index contributed by atoms with van der Waals surface area (Å²) in [5.41, 5.74) is 0.561. The van der Waals surface area contributed by atoms with E-state index in [9.17, 15) is 14.2 Å². The zero-order valence-electron chi connectivity index (χ0n) is 7.27.